The molecule has 0 fully saturated rings. The lowest BCUT2D eigenvalue weighted by molar-refractivity contribution is -0.113. The van der Waals surface area contributed by atoms with Crippen LogP contribution in [0.3, 0.4) is 0 Å². The van der Waals surface area contributed by atoms with Crippen LogP contribution in [0, 0.1) is 19.7 Å². The number of benzene rings is 2. The summed E-state index contributed by atoms with van der Waals surface area (Å²) >= 11 is 1.19. The molecule has 0 unspecified atom stereocenters. The summed E-state index contributed by atoms with van der Waals surface area (Å²) in [5.41, 5.74) is 3.04. The van der Waals surface area contributed by atoms with E-state index in [1.165, 1.54) is 22.4 Å². The first-order valence-electron chi connectivity index (χ1n) is 9.14. The molecule has 0 aliphatic carbocycles. The number of nitrogens with zero attached hydrogens (tertiary/aromatic N) is 2. The predicted octanol–water partition coefficient (Wildman–Crippen LogP) is 3.86. The van der Waals surface area contributed by atoms with Crippen LogP contribution in [0.15, 0.2) is 58.5 Å². The minimum atomic E-state index is -0.347. The molecular formula is C22H22FN3O2S. The number of carbonyl (C=O) groups excluding carboxylic acids is 1. The quantitative estimate of drug-likeness (QED) is 0.494. The van der Waals surface area contributed by atoms with Crippen molar-refractivity contribution in [3.8, 4) is 0 Å². The van der Waals surface area contributed by atoms with Crippen molar-refractivity contribution in [2.75, 3.05) is 11.1 Å². The molecule has 1 aromatic heterocycles. The number of hydrogen-bond donors (Lipinski definition) is 1. The maximum absolute atomic E-state index is 14.0. The van der Waals surface area contributed by atoms with Crippen molar-refractivity contribution < 1.29 is 9.18 Å². The van der Waals surface area contributed by atoms with E-state index in [1.807, 2.05) is 31.2 Å². The summed E-state index contributed by atoms with van der Waals surface area (Å²) in [6.07, 6.45) is 0.178. The molecular weight excluding hydrogens is 389 g/mol. The molecule has 0 atom stereocenters. The van der Waals surface area contributed by atoms with E-state index in [0.717, 1.165) is 11.3 Å². The van der Waals surface area contributed by atoms with E-state index in [4.69, 9.17) is 0 Å². The van der Waals surface area contributed by atoms with Gasteiger partial charge in [0.15, 0.2) is 5.16 Å². The standard InChI is InChI=1S/C22H22FN3O2S/c1-14-8-10-17(11-9-14)25-20(27)13-29-22-24-15(2)18(21(28)26(22)3)12-16-6-4-5-7-19(16)23/h4-11H,12-13H2,1-3H3,(H,25,27). The second-order valence-electron chi connectivity index (χ2n) is 6.79. The number of amides is 1. The number of carbonyl (C=O) groups is 1. The number of aryl methyl sites for hydroxylation is 2. The van der Waals surface area contributed by atoms with Crippen LogP contribution in [-0.4, -0.2) is 21.2 Å². The summed E-state index contributed by atoms with van der Waals surface area (Å²) in [6.45, 7) is 3.71. The molecule has 5 nitrogen and oxygen atoms in total. The average Bonchev–Trinajstić information content (AvgIpc) is 2.70. The molecule has 0 aliphatic rings. The van der Waals surface area contributed by atoms with Gasteiger partial charge in [-0.2, -0.15) is 0 Å². The highest BCUT2D eigenvalue weighted by molar-refractivity contribution is 7.99. The number of halogens is 1. The fraction of sp³-hybridized carbons (Fsp3) is 0.227. The smallest absolute Gasteiger partial charge is 0.257 e. The van der Waals surface area contributed by atoms with Crippen molar-refractivity contribution in [3.05, 3.63) is 87.1 Å². The SMILES string of the molecule is Cc1ccc(NC(=O)CSc2nc(C)c(Cc3ccccc3F)c(=O)n2C)cc1. The number of nitrogens with one attached hydrogen (secondary N) is 1. The van der Waals surface area contributed by atoms with Gasteiger partial charge in [-0.05, 0) is 37.6 Å². The highest BCUT2D eigenvalue weighted by Crippen LogP contribution is 2.18. The Morgan fingerprint density at radius 2 is 1.83 bits per heavy atom. The van der Waals surface area contributed by atoms with Crippen molar-refractivity contribution in [1.29, 1.82) is 0 Å². The third kappa shape index (κ3) is 5.12. The molecule has 7 heteroatoms. The zero-order valence-electron chi connectivity index (χ0n) is 16.5. The molecule has 0 saturated carbocycles. The Bertz CT molecular complexity index is 1090. The van der Waals surface area contributed by atoms with Gasteiger partial charge in [0.2, 0.25) is 5.91 Å². The summed E-state index contributed by atoms with van der Waals surface area (Å²) in [6, 6.07) is 13.9. The van der Waals surface area contributed by atoms with Crippen LogP contribution < -0.4 is 10.9 Å². The minimum absolute atomic E-state index is 0.125. The number of aromatic nitrogens is 2. The summed E-state index contributed by atoms with van der Waals surface area (Å²) in [5, 5.41) is 3.27. The van der Waals surface area contributed by atoms with Crippen LogP contribution in [0.5, 0.6) is 0 Å². The van der Waals surface area contributed by atoms with Gasteiger partial charge in [0, 0.05) is 30.4 Å². The Morgan fingerprint density at radius 1 is 1.14 bits per heavy atom. The second-order valence-corrected chi connectivity index (χ2v) is 7.74. The van der Waals surface area contributed by atoms with Gasteiger partial charge in [0.25, 0.3) is 5.56 Å². The Balaban J connectivity index is 1.72. The molecule has 150 valence electrons. The fourth-order valence-electron chi connectivity index (χ4n) is 2.86. The number of rotatable bonds is 6. The zero-order valence-corrected chi connectivity index (χ0v) is 17.3. The van der Waals surface area contributed by atoms with Crippen LogP contribution in [0.2, 0.25) is 0 Å². The fourth-order valence-corrected chi connectivity index (χ4v) is 3.67. The van der Waals surface area contributed by atoms with Crippen LogP contribution in [0.4, 0.5) is 10.1 Å². The molecule has 0 saturated heterocycles. The molecule has 1 heterocycles. The normalized spacial score (nSPS) is 10.8. The van der Waals surface area contributed by atoms with Gasteiger partial charge in [0.05, 0.1) is 5.75 Å². The van der Waals surface area contributed by atoms with E-state index in [-0.39, 0.29) is 29.5 Å². The molecule has 1 N–H and O–H groups in total. The lowest BCUT2D eigenvalue weighted by Crippen LogP contribution is -2.26. The van der Waals surface area contributed by atoms with Crippen molar-refractivity contribution >= 4 is 23.4 Å². The van der Waals surface area contributed by atoms with E-state index in [0.29, 0.717) is 22.0 Å². The highest BCUT2D eigenvalue weighted by Gasteiger charge is 2.15. The first-order valence-corrected chi connectivity index (χ1v) is 10.1. The first-order chi connectivity index (χ1) is 13.8. The van der Waals surface area contributed by atoms with Gasteiger partial charge < -0.3 is 5.32 Å². The van der Waals surface area contributed by atoms with Gasteiger partial charge >= 0.3 is 0 Å². The van der Waals surface area contributed by atoms with E-state index >= 15 is 0 Å². The molecule has 0 bridgehead atoms. The molecule has 2 aromatic carbocycles. The van der Waals surface area contributed by atoms with Crippen LogP contribution >= 0.6 is 11.8 Å². The third-order valence-electron chi connectivity index (χ3n) is 4.54. The molecule has 0 aliphatic heterocycles. The van der Waals surface area contributed by atoms with Crippen molar-refractivity contribution in [1.82, 2.24) is 9.55 Å². The van der Waals surface area contributed by atoms with Gasteiger partial charge in [-0.25, -0.2) is 9.37 Å². The highest BCUT2D eigenvalue weighted by atomic mass is 32.2. The lowest BCUT2D eigenvalue weighted by Gasteiger charge is -2.12. The van der Waals surface area contributed by atoms with Gasteiger partial charge in [-0.1, -0.05) is 47.7 Å². The van der Waals surface area contributed by atoms with Crippen LogP contribution in [0.25, 0.3) is 0 Å². The molecule has 3 aromatic rings. The second kappa shape index (κ2) is 9.05. The van der Waals surface area contributed by atoms with Gasteiger partial charge in [0.1, 0.15) is 5.82 Å². The van der Waals surface area contributed by atoms with Crippen molar-refractivity contribution in [2.45, 2.75) is 25.4 Å². The first kappa shape index (κ1) is 20.8. The number of thioether (sulfide) groups is 1. The predicted molar refractivity (Wildman–Crippen MR) is 114 cm³/mol. The van der Waals surface area contributed by atoms with Crippen LogP contribution in [-0.2, 0) is 18.3 Å². The third-order valence-corrected chi connectivity index (χ3v) is 5.57. The Labute approximate surface area is 173 Å². The maximum Gasteiger partial charge on any atom is 0.257 e. The number of anilines is 1. The topological polar surface area (TPSA) is 64.0 Å². The van der Waals surface area contributed by atoms with E-state index < -0.39 is 0 Å². The summed E-state index contributed by atoms with van der Waals surface area (Å²) in [7, 11) is 1.61. The molecule has 0 spiro atoms. The Kier molecular flexibility index (Phi) is 6.49. The van der Waals surface area contributed by atoms with Gasteiger partial charge in [-0.3, -0.25) is 14.2 Å². The van der Waals surface area contributed by atoms with Crippen molar-refractivity contribution in [3.63, 3.8) is 0 Å². The molecule has 3 rings (SSSR count). The Hall–Kier alpha value is -2.93. The largest absolute Gasteiger partial charge is 0.325 e. The maximum atomic E-state index is 14.0. The van der Waals surface area contributed by atoms with Crippen molar-refractivity contribution in [2.24, 2.45) is 7.05 Å². The lowest BCUT2D eigenvalue weighted by atomic mass is 10.0. The molecule has 29 heavy (non-hydrogen) atoms. The van der Waals surface area contributed by atoms with E-state index in [1.54, 1.807) is 32.2 Å². The summed E-state index contributed by atoms with van der Waals surface area (Å²) in [5.74, 6) is -0.401. The summed E-state index contributed by atoms with van der Waals surface area (Å²) < 4.78 is 15.4. The Morgan fingerprint density at radius 3 is 2.52 bits per heavy atom. The van der Waals surface area contributed by atoms with E-state index in [9.17, 15) is 14.0 Å². The van der Waals surface area contributed by atoms with Crippen LogP contribution in [0.1, 0.15) is 22.4 Å². The number of hydrogen-bond acceptors (Lipinski definition) is 4. The zero-order chi connectivity index (χ0) is 21.0. The average molecular weight is 412 g/mol. The van der Waals surface area contributed by atoms with E-state index in [2.05, 4.69) is 10.3 Å². The summed E-state index contributed by atoms with van der Waals surface area (Å²) in [4.78, 5) is 29.5. The molecule has 0 radical (unpaired) electrons. The monoisotopic (exact) mass is 411 g/mol. The molecule has 1 amide bonds. The van der Waals surface area contributed by atoms with Gasteiger partial charge in [-0.15, -0.1) is 0 Å². The minimum Gasteiger partial charge on any atom is -0.325 e.